The van der Waals surface area contributed by atoms with Gasteiger partial charge in [0, 0.05) is 43.1 Å². The minimum Gasteiger partial charge on any atom is -0.348 e. The lowest BCUT2D eigenvalue weighted by Gasteiger charge is -2.35. The van der Waals surface area contributed by atoms with Crippen molar-refractivity contribution in [2.24, 2.45) is 5.92 Å². The van der Waals surface area contributed by atoms with Crippen LogP contribution in [0.2, 0.25) is 0 Å². The summed E-state index contributed by atoms with van der Waals surface area (Å²) < 4.78 is 1.08. The van der Waals surface area contributed by atoms with Crippen molar-refractivity contribution in [1.82, 2.24) is 15.1 Å². The quantitative estimate of drug-likeness (QED) is 0.742. The Balaban J connectivity index is 1.41. The van der Waals surface area contributed by atoms with E-state index < -0.39 is 0 Å². The van der Waals surface area contributed by atoms with Crippen LogP contribution in [0.3, 0.4) is 0 Å². The van der Waals surface area contributed by atoms with Crippen LogP contribution in [-0.2, 0) is 4.79 Å². The fourth-order valence-corrected chi connectivity index (χ4v) is 4.31. The van der Waals surface area contributed by atoms with E-state index in [1.807, 2.05) is 6.07 Å². The molecule has 2 aliphatic rings. The van der Waals surface area contributed by atoms with Crippen LogP contribution in [0.4, 0.5) is 0 Å². The van der Waals surface area contributed by atoms with Gasteiger partial charge >= 0.3 is 0 Å². The minimum atomic E-state index is 0.0447. The van der Waals surface area contributed by atoms with Crippen LogP contribution in [0, 0.1) is 5.92 Å². The molecule has 28 heavy (non-hydrogen) atoms. The van der Waals surface area contributed by atoms with Gasteiger partial charge < -0.3 is 10.2 Å². The third-order valence-corrected chi connectivity index (χ3v) is 6.51. The number of nitrogens with one attached hydrogen (secondary N) is 1. The number of carbonyl (C=O) groups is 1. The number of benzene rings is 2. The van der Waals surface area contributed by atoms with Crippen molar-refractivity contribution in [3.05, 3.63) is 70.2 Å². The van der Waals surface area contributed by atoms with Gasteiger partial charge in [0.25, 0.3) is 0 Å². The maximum Gasteiger partial charge on any atom is 0.224 e. The highest BCUT2D eigenvalue weighted by Gasteiger charge is 2.44. The van der Waals surface area contributed by atoms with Crippen LogP contribution in [0.1, 0.15) is 29.5 Å². The predicted octanol–water partition coefficient (Wildman–Crippen LogP) is 3.66. The van der Waals surface area contributed by atoms with Crippen LogP contribution in [-0.4, -0.2) is 55.5 Å². The molecule has 0 radical (unpaired) electrons. The molecule has 0 aromatic heterocycles. The van der Waals surface area contributed by atoms with Crippen LogP contribution < -0.4 is 5.32 Å². The molecule has 1 heterocycles. The summed E-state index contributed by atoms with van der Waals surface area (Å²) in [5, 5.41) is 3.36. The standard InChI is InChI=1S/C23H28BrN3O/c1-26-11-13-27(14-12-26)16-22(18-5-3-2-4-6-18)25-23(28)21-15-20(21)17-7-9-19(24)10-8-17/h2-10,20-22H,11-16H2,1H3,(H,25,28). The molecule has 2 aromatic rings. The number of piperazine rings is 1. The summed E-state index contributed by atoms with van der Waals surface area (Å²) in [6.07, 6.45) is 0.948. The molecule has 5 heteroatoms. The van der Waals surface area contributed by atoms with E-state index in [4.69, 9.17) is 0 Å². The molecule has 1 aliphatic heterocycles. The van der Waals surface area contributed by atoms with Gasteiger partial charge in [0.15, 0.2) is 0 Å². The SMILES string of the molecule is CN1CCN(CC(NC(=O)C2CC2c2ccc(Br)cc2)c2ccccc2)CC1. The van der Waals surface area contributed by atoms with Crippen LogP contribution in [0.5, 0.6) is 0 Å². The Bertz CT molecular complexity index is 787. The number of amides is 1. The first-order valence-electron chi connectivity index (χ1n) is 10.1. The first-order chi connectivity index (χ1) is 13.6. The fourth-order valence-electron chi connectivity index (χ4n) is 4.05. The minimum absolute atomic E-state index is 0.0447. The molecule has 1 saturated heterocycles. The maximum absolute atomic E-state index is 13.0. The second kappa shape index (κ2) is 8.76. The van der Waals surface area contributed by atoms with E-state index in [1.165, 1.54) is 11.1 Å². The summed E-state index contributed by atoms with van der Waals surface area (Å²) in [6.45, 7) is 5.16. The molecule has 1 aliphatic carbocycles. The van der Waals surface area contributed by atoms with Gasteiger partial charge in [-0.1, -0.05) is 58.4 Å². The Labute approximate surface area is 176 Å². The lowest BCUT2D eigenvalue weighted by atomic mass is 10.0. The molecule has 0 bridgehead atoms. The first kappa shape index (κ1) is 19.6. The Morgan fingerprint density at radius 1 is 1.07 bits per heavy atom. The molecule has 1 saturated carbocycles. The van der Waals surface area contributed by atoms with Gasteiger partial charge in [-0.2, -0.15) is 0 Å². The average Bonchev–Trinajstić information content (AvgIpc) is 3.51. The second-order valence-electron chi connectivity index (χ2n) is 8.08. The summed E-state index contributed by atoms with van der Waals surface area (Å²) in [4.78, 5) is 17.8. The second-order valence-corrected chi connectivity index (χ2v) is 8.99. The summed E-state index contributed by atoms with van der Waals surface area (Å²) in [5.41, 5.74) is 2.45. The molecule has 3 atom stereocenters. The Morgan fingerprint density at radius 2 is 1.75 bits per heavy atom. The van der Waals surface area contributed by atoms with Crippen molar-refractivity contribution >= 4 is 21.8 Å². The molecule has 1 amide bonds. The van der Waals surface area contributed by atoms with Crippen molar-refractivity contribution in [2.45, 2.75) is 18.4 Å². The van der Waals surface area contributed by atoms with Gasteiger partial charge in [-0.15, -0.1) is 0 Å². The zero-order valence-corrected chi connectivity index (χ0v) is 17.9. The predicted molar refractivity (Wildman–Crippen MR) is 116 cm³/mol. The van der Waals surface area contributed by atoms with Gasteiger partial charge in [-0.25, -0.2) is 0 Å². The van der Waals surface area contributed by atoms with E-state index in [2.05, 4.69) is 86.6 Å². The number of likely N-dealkylation sites (N-methyl/N-ethyl adjacent to an activating group) is 1. The number of carbonyl (C=O) groups excluding carboxylic acids is 1. The zero-order chi connectivity index (χ0) is 19.5. The molecule has 2 aromatic carbocycles. The summed E-state index contributed by atoms with van der Waals surface area (Å²) in [7, 11) is 2.17. The Morgan fingerprint density at radius 3 is 2.43 bits per heavy atom. The van der Waals surface area contributed by atoms with Crippen molar-refractivity contribution < 1.29 is 4.79 Å². The maximum atomic E-state index is 13.0. The lowest BCUT2D eigenvalue weighted by Crippen LogP contribution is -2.48. The smallest absolute Gasteiger partial charge is 0.224 e. The molecule has 2 fully saturated rings. The van der Waals surface area contributed by atoms with Gasteiger partial charge in [-0.3, -0.25) is 9.69 Å². The number of hydrogen-bond donors (Lipinski definition) is 1. The number of nitrogens with zero attached hydrogens (tertiary/aromatic N) is 2. The molecule has 148 valence electrons. The zero-order valence-electron chi connectivity index (χ0n) is 16.4. The van der Waals surface area contributed by atoms with Gasteiger partial charge in [0.2, 0.25) is 5.91 Å². The Hall–Kier alpha value is -1.69. The molecule has 3 unspecified atom stereocenters. The van der Waals surface area contributed by atoms with E-state index in [1.54, 1.807) is 0 Å². The van der Waals surface area contributed by atoms with Crippen LogP contribution in [0.25, 0.3) is 0 Å². The largest absolute Gasteiger partial charge is 0.348 e. The van der Waals surface area contributed by atoms with Crippen LogP contribution in [0.15, 0.2) is 59.1 Å². The van der Waals surface area contributed by atoms with E-state index in [-0.39, 0.29) is 17.9 Å². The number of hydrogen-bond acceptors (Lipinski definition) is 3. The molecule has 1 N–H and O–H groups in total. The normalized spacial score (nSPS) is 23.9. The molecule has 4 nitrogen and oxygen atoms in total. The number of halogens is 1. The summed E-state index contributed by atoms with van der Waals surface area (Å²) in [6, 6.07) is 18.8. The lowest BCUT2D eigenvalue weighted by molar-refractivity contribution is -0.123. The molecular formula is C23H28BrN3O. The topological polar surface area (TPSA) is 35.6 Å². The van der Waals surface area contributed by atoms with E-state index in [9.17, 15) is 4.79 Å². The molecule has 0 spiro atoms. The highest BCUT2D eigenvalue weighted by molar-refractivity contribution is 9.10. The summed E-state index contributed by atoms with van der Waals surface area (Å²) in [5.74, 6) is 0.643. The molecule has 4 rings (SSSR count). The average molecular weight is 442 g/mol. The van der Waals surface area contributed by atoms with Crippen molar-refractivity contribution in [2.75, 3.05) is 39.8 Å². The summed E-state index contributed by atoms with van der Waals surface area (Å²) >= 11 is 3.48. The highest BCUT2D eigenvalue weighted by atomic mass is 79.9. The first-order valence-corrected chi connectivity index (χ1v) is 10.9. The van der Waals surface area contributed by atoms with E-state index >= 15 is 0 Å². The third-order valence-electron chi connectivity index (χ3n) is 5.98. The fraction of sp³-hybridized carbons (Fsp3) is 0.435. The van der Waals surface area contributed by atoms with E-state index in [0.29, 0.717) is 5.92 Å². The van der Waals surface area contributed by atoms with Crippen molar-refractivity contribution in [3.8, 4) is 0 Å². The van der Waals surface area contributed by atoms with Gasteiger partial charge in [-0.05, 0) is 42.6 Å². The number of rotatable bonds is 6. The monoisotopic (exact) mass is 441 g/mol. The molecular weight excluding hydrogens is 414 g/mol. The Kier molecular flexibility index (Phi) is 6.14. The highest BCUT2D eigenvalue weighted by Crippen LogP contribution is 2.48. The van der Waals surface area contributed by atoms with Gasteiger partial charge in [0.1, 0.15) is 0 Å². The van der Waals surface area contributed by atoms with Crippen LogP contribution >= 0.6 is 15.9 Å². The van der Waals surface area contributed by atoms with Gasteiger partial charge in [0.05, 0.1) is 6.04 Å². The van der Waals surface area contributed by atoms with E-state index in [0.717, 1.165) is 43.6 Å². The van der Waals surface area contributed by atoms with Crippen molar-refractivity contribution in [3.63, 3.8) is 0 Å². The third kappa shape index (κ3) is 4.83. The van der Waals surface area contributed by atoms with Crippen molar-refractivity contribution in [1.29, 1.82) is 0 Å².